The van der Waals surface area contributed by atoms with Crippen LogP contribution in [0.1, 0.15) is 101 Å². The summed E-state index contributed by atoms with van der Waals surface area (Å²) in [6, 6.07) is 10.6. The van der Waals surface area contributed by atoms with Gasteiger partial charge in [0.15, 0.2) is 0 Å². The molecule has 6 nitrogen and oxygen atoms in total. The van der Waals surface area contributed by atoms with Gasteiger partial charge in [0, 0.05) is 44.3 Å². The molecule has 1 amide bonds. The summed E-state index contributed by atoms with van der Waals surface area (Å²) < 4.78 is 29.4. The van der Waals surface area contributed by atoms with Crippen molar-refractivity contribution < 1.29 is 13.6 Å². The summed E-state index contributed by atoms with van der Waals surface area (Å²) in [6.07, 6.45) is 6.22. The quantitative estimate of drug-likeness (QED) is 0.420. The number of benzene rings is 1. The first-order valence-electron chi connectivity index (χ1n) is 14.1. The predicted octanol–water partition coefficient (Wildman–Crippen LogP) is 6.03. The maximum absolute atomic E-state index is 13.6. The van der Waals surface area contributed by atoms with Gasteiger partial charge in [0.05, 0.1) is 12.1 Å². The zero-order chi connectivity index (χ0) is 26.4. The Hall–Kier alpha value is -2.35. The number of hydrogen-bond acceptors (Lipinski definition) is 4. The second kappa shape index (κ2) is 12.5. The molecule has 2 aliphatic rings. The van der Waals surface area contributed by atoms with Crippen LogP contribution >= 0.6 is 0 Å². The third-order valence-corrected chi connectivity index (χ3v) is 8.21. The van der Waals surface area contributed by atoms with E-state index in [4.69, 9.17) is 5.10 Å². The van der Waals surface area contributed by atoms with Crippen molar-refractivity contribution in [3.05, 3.63) is 47.5 Å². The number of nitrogens with one attached hydrogen (secondary N) is 1. The lowest BCUT2D eigenvalue weighted by Crippen LogP contribution is -2.44. The first-order valence-corrected chi connectivity index (χ1v) is 14.1. The third kappa shape index (κ3) is 7.37. The van der Waals surface area contributed by atoms with Crippen LogP contribution in [0.5, 0.6) is 0 Å². The van der Waals surface area contributed by atoms with Gasteiger partial charge in [-0.15, -0.1) is 0 Å². The number of carbonyl (C=O) groups excluding carboxylic acids is 1. The third-order valence-electron chi connectivity index (χ3n) is 8.21. The van der Waals surface area contributed by atoms with Crippen LogP contribution in [0.25, 0.3) is 0 Å². The van der Waals surface area contributed by atoms with Gasteiger partial charge in [-0.1, -0.05) is 43.7 Å². The highest BCUT2D eigenvalue weighted by Crippen LogP contribution is 2.37. The highest BCUT2D eigenvalue weighted by atomic mass is 19.3. The van der Waals surface area contributed by atoms with Gasteiger partial charge in [-0.05, 0) is 57.9 Å². The summed E-state index contributed by atoms with van der Waals surface area (Å²) >= 11 is 0. The van der Waals surface area contributed by atoms with E-state index in [9.17, 15) is 13.6 Å². The number of rotatable bonds is 10. The molecule has 1 aromatic carbocycles. The summed E-state index contributed by atoms with van der Waals surface area (Å²) in [4.78, 5) is 20.3. The molecule has 1 aromatic heterocycles. The van der Waals surface area contributed by atoms with Crippen molar-refractivity contribution in [2.75, 3.05) is 13.1 Å². The van der Waals surface area contributed by atoms with Gasteiger partial charge in [-0.25, -0.2) is 18.4 Å². The largest absolute Gasteiger partial charge is 0.349 e. The highest BCUT2D eigenvalue weighted by molar-refractivity contribution is 5.79. The Morgan fingerprint density at radius 2 is 1.81 bits per heavy atom. The topological polar surface area (TPSA) is 63.1 Å². The zero-order valence-electron chi connectivity index (χ0n) is 22.6. The molecule has 2 fully saturated rings. The van der Waals surface area contributed by atoms with E-state index in [2.05, 4.69) is 33.7 Å². The van der Waals surface area contributed by atoms with Crippen LogP contribution in [0.15, 0.2) is 30.3 Å². The Labute approximate surface area is 220 Å². The lowest BCUT2D eigenvalue weighted by Gasteiger charge is -2.38. The van der Waals surface area contributed by atoms with Crippen LogP contribution in [0.2, 0.25) is 0 Å². The number of alkyl halides is 2. The normalized spacial score (nSPS) is 21.0. The van der Waals surface area contributed by atoms with Gasteiger partial charge in [0.1, 0.15) is 11.6 Å². The first-order chi connectivity index (χ1) is 17.8. The van der Waals surface area contributed by atoms with Crippen LogP contribution in [0.3, 0.4) is 0 Å². The predicted molar refractivity (Wildman–Crippen MR) is 142 cm³/mol. The molecule has 37 heavy (non-hydrogen) atoms. The molecule has 0 spiro atoms. The standard InChI is InChI=1S/C29H43F2N5O/c1-4-5-11-27-32-22(3)34-36(27)25-14-18-35(19-15-25)21(2)20-26(23-9-7-6-8-10-23)33-28(37)24-12-16-29(30,31)17-13-24/h6-10,21,24-26H,4-5,11-20H2,1-3H3,(H,33,37). The Morgan fingerprint density at radius 3 is 2.46 bits per heavy atom. The van der Waals surface area contributed by atoms with Crippen molar-refractivity contribution in [1.29, 1.82) is 0 Å². The van der Waals surface area contributed by atoms with Gasteiger partial charge >= 0.3 is 0 Å². The smallest absolute Gasteiger partial charge is 0.248 e. The molecule has 1 saturated heterocycles. The number of likely N-dealkylation sites (tertiary alicyclic amines) is 1. The number of halogens is 2. The van der Waals surface area contributed by atoms with E-state index in [1.807, 2.05) is 37.3 Å². The summed E-state index contributed by atoms with van der Waals surface area (Å²) in [5.74, 6) is -1.08. The molecular formula is C29H43F2N5O. The van der Waals surface area contributed by atoms with Gasteiger partial charge in [0.25, 0.3) is 0 Å². The van der Waals surface area contributed by atoms with Crippen LogP contribution in [-0.2, 0) is 11.2 Å². The van der Waals surface area contributed by atoms with Crippen LogP contribution < -0.4 is 5.32 Å². The van der Waals surface area contributed by atoms with Gasteiger partial charge in [-0.2, -0.15) is 5.10 Å². The van der Waals surface area contributed by atoms with Gasteiger partial charge < -0.3 is 10.2 Å². The van der Waals surface area contributed by atoms with E-state index in [-0.39, 0.29) is 49.6 Å². The average molecular weight is 516 g/mol. The van der Waals surface area contributed by atoms with Crippen LogP contribution in [0.4, 0.5) is 8.78 Å². The zero-order valence-corrected chi connectivity index (χ0v) is 22.6. The molecule has 1 saturated carbocycles. The van der Waals surface area contributed by atoms with E-state index in [0.717, 1.165) is 68.8 Å². The van der Waals surface area contributed by atoms with E-state index >= 15 is 0 Å². The van der Waals surface area contributed by atoms with Gasteiger partial charge in [-0.3, -0.25) is 4.79 Å². The molecule has 204 valence electrons. The number of nitrogens with zero attached hydrogens (tertiary/aromatic N) is 4. The number of amides is 1. The fraction of sp³-hybridized carbons (Fsp3) is 0.690. The van der Waals surface area contributed by atoms with Crippen molar-refractivity contribution in [2.45, 2.75) is 109 Å². The summed E-state index contributed by atoms with van der Waals surface area (Å²) in [6.45, 7) is 8.36. The molecule has 1 aliphatic heterocycles. The van der Waals surface area contributed by atoms with E-state index < -0.39 is 5.92 Å². The molecule has 1 aliphatic carbocycles. The second-order valence-corrected chi connectivity index (χ2v) is 11.1. The number of carbonyl (C=O) groups is 1. The lowest BCUT2D eigenvalue weighted by atomic mass is 9.85. The summed E-state index contributed by atoms with van der Waals surface area (Å²) in [5, 5.41) is 7.96. The maximum Gasteiger partial charge on any atom is 0.248 e. The van der Waals surface area contributed by atoms with Crippen LogP contribution in [-0.4, -0.2) is 50.6 Å². The number of aromatic nitrogens is 3. The Balaban J connectivity index is 1.36. The first kappa shape index (κ1) is 27.7. The fourth-order valence-electron chi connectivity index (χ4n) is 5.89. The highest BCUT2D eigenvalue weighted by Gasteiger charge is 2.38. The molecule has 4 rings (SSSR count). The minimum absolute atomic E-state index is 0.0866. The number of hydrogen-bond donors (Lipinski definition) is 1. The summed E-state index contributed by atoms with van der Waals surface area (Å²) in [5.41, 5.74) is 1.07. The van der Waals surface area contributed by atoms with Gasteiger partial charge in [0.2, 0.25) is 11.8 Å². The Bertz CT molecular complexity index is 993. The van der Waals surface area contributed by atoms with Crippen LogP contribution in [0, 0.1) is 12.8 Å². The molecular weight excluding hydrogens is 472 g/mol. The van der Waals surface area contributed by atoms with Crippen molar-refractivity contribution in [3.63, 3.8) is 0 Å². The molecule has 8 heteroatoms. The Morgan fingerprint density at radius 1 is 1.14 bits per heavy atom. The number of piperidine rings is 1. The minimum atomic E-state index is -2.63. The fourth-order valence-corrected chi connectivity index (χ4v) is 5.89. The van der Waals surface area contributed by atoms with E-state index in [1.165, 1.54) is 0 Å². The van der Waals surface area contributed by atoms with Crippen molar-refractivity contribution in [2.24, 2.45) is 5.92 Å². The van der Waals surface area contributed by atoms with E-state index in [0.29, 0.717) is 6.04 Å². The SMILES string of the molecule is CCCCc1nc(C)nn1C1CCN(C(C)CC(NC(=O)C2CCC(F)(F)CC2)c2ccccc2)CC1. The Kier molecular flexibility index (Phi) is 9.32. The van der Waals surface area contributed by atoms with E-state index in [1.54, 1.807) is 0 Å². The average Bonchev–Trinajstić information content (AvgIpc) is 3.27. The van der Waals surface area contributed by atoms with Crippen molar-refractivity contribution >= 4 is 5.91 Å². The number of aryl methyl sites for hydroxylation is 2. The minimum Gasteiger partial charge on any atom is -0.349 e. The number of unbranched alkanes of at least 4 members (excludes halogenated alkanes) is 1. The molecule has 0 bridgehead atoms. The molecule has 0 radical (unpaired) electrons. The summed E-state index contributed by atoms with van der Waals surface area (Å²) in [7, 11) is 0. The maximum atomic E-state index is 13.6. The molecule has 1 N–H and O–H groups in total. The monoisotopic (exact) mass is 515 g/mol. The molecule has 2 heterocycles. The van der Waals surface area contributed by atoms with Crippen molar-refractivity contribution in [1.82, 2.24) is 25.0 Å². The molecule has 2 aromatic rings. The lowest BCUT2D eigenvalue weighted by molar-refractivity contribution is -0.130. The second-order valence-electron chi connectivity index (χ2n) is 11.1. The molecule has 2 unspecified atom stereocenters. The molecule has 2 atom stereocenters. The van der Waals surface area contributed by atoms with Crippen molar-refractivity contribution in [3.8, 4) is 0 Å².